The Bertz CT molecular complexity index is 903. The number of aromatic nitrogens is 2. The molecule has 1 aromatic carbocycles. The molecule has 27 heavy (non-hydrogen) atoms. The fourth-order valence-corrected chi connectivity index (χ4v) is 4.16. The fourth-order valence-electron chi connectivity index (χ4n) is 3.13. The molecule has 0 saturated heterocycles. The minimum absolute atomic E-state index is 0.0280. The number of rotatable bonds is 6. The average Bonchev–Trinajstić information content (AvgIpc) is 3.10. The molecule has 4 nitrogen and oxygen atoms in total. The molecule has 0 fully saturated rings. The van der Waals surface area contributed by atoms with Gasteiger partial charge in [0, 0.05) is 24.5 Å². The van der Waals surface area contributed by atoms with E-state index >= 15 is 0 Å². The third-order valence-electron chi connectivity index (χ3n) is 4.84. The Morgan fingerprint density at radius 1 is 1.19 bits per heavy atom. The van der Waals surface area contributed by atoms with Crippen molar-refractivity contribution in [3.63, 3.8) is 0 Å². The summed E-state index contributed by atoms with van der Waals surface area (Å²) in [5.74, 6) is 0.0280. The van der Waals surface area contributed by atoms with Crippen molar-refractivity contribution in [2.75, 3.05) is 6.54 Å². The molecule has 0 aliphatic rings. The van der Waals surface area contributed by atoms with Crippen LogP contribution in [0.5, 0.6) is 0 Å². The Morgan fingerprint density at radius 3 is 2.52 bits per heavy atom. The molecule has 2 aromatic heterocycles. The van der Waals surface area contributed by atoms with Gasteiger partial charge in [0.15, 0.2) is 0 Å². The maximum absolute atomic E-state index is 13.2. The molecule has 1 unspecified atom stereocenters. The minimum Gasteiger partial charge on any atom is -0.331 e. The van der Waals surface area contributed by atoms with E-state index in [0.717, 1.165) is 28.2 Å². The highest BCUT2D eigenvalue weighted by Gasteiger charge is 2.25. The lowest BCUT2D eigenvalue weighted by Gasteiger charge is -2.27. The molecule has 0 spiro atoms. The molecular formula is C22H25N3OS. The first-order chi connectivity index (χ1) is 13.0. The highest BCUT2D eigenvalue weighted by molar-refractivity contribution is 7.17. The molecule has 140 valence electrons. The summed E-state index contributed by atoms with van der Waals surface area (Å²) in [4.78, 5) is 24.7. The van der Waals surface area contributed by atoms with Crippen LogP contribution in [0.25, 0.3) is 10.6 Å². The van der Waals surface area contributed by atoms with Crippen molar-refractivity contribution in [3.8, 4) is 10.6 Å². The molecule has 2 heterocycles. The van der Waals surface area contributed by atoms with Crippen molar-refractivity contribution in [3.05, 3.63) is 70.5 Å². The summed E-state index contributed by atoms with van der Waals surface area (Å²) < 4.78 is 0. The van der Waals surface area contributed by atoms with Crippen molar-refractivity contribution in [1.29, 1.82) is 0 Å². The van der Waals surface area contributed by atoms with E-state index in [1.165, 1.54) is 16.9 Å². The molecule has 5 heteroatoms. The third-order valence-corrected chi connectivity index (χ3v) is 6.03. The van der Waals surface area contributed by atoms with Crippen LogP contribution < -0.4 is 0 Å². The van der Waals surface area contributed by atoms with Crippen LogP contribution in [-0.4, -0.2) is 27.3 Å². The SMILES string of the molecule is CCc1ccc(-c2nc(C)c(C(=O)N(CC)C(C)c3cccnc3)s2)cc1. The quantitative estimate of drug-likeness (QED) is 0.584. The second-order valence-electron chi connectivity index (χ2n) is 6.54. The Morgan fingerprint density at radius 2 is 1.93 bits per heavy atom. The van der Waals surface area contributed by atoms with E-state index < -0.39 is 0 Å². The zero-order valence-electron chi connectivity index (χ0n) is 16.3. The number of pyridine rings is 1. The zero-order valence-corrected chi connectivity index (χ0v) is 17.1. The van der Waals surface area contributed by atoms with Gasteiger partial charge in [0.25, 0.3) is 5.91 Å². The lowest BCUT2D eigenvalue weighted by Crippen LogP contribution is -2.33. The van der Waals surface area contributed by atoms with E-state index in [-0.39, 0.29) is 11.9 Å². The van der Waals surface area contributed by atoms with Gasteiger partial charge in [0.1, 0.15) is 9.88 Å². The largest absolute Gasteiger partial charge is 0.331 e. The monoisotopic (exact) mass is 379 g/mol. The van der Waals surface area contributed by atoms with E-state index in [1.807, 2.05) is 44.0 Å². The van der Waals surface area contributed by atoms with Crippen molar-refractivity contribution in [2.24, 2.45) is 0 Å². The summed E-state index contributed by atoms with van der Waals surface area (Å²) in [5, 5.41) is 0.892. The van der Waals surface area contributed by atoms with E-state index in [2.05, 4.69) is 41.2 Å². The van der Waals surface area contributed by atoms with Crippen LogP contribution in [0, 0.1) is 6.92 Å². The normalized spacial score (nSPS) is 12.0. The van der Waals surface area contributed by atoms with Gasteiger partial charge in [-0.1, -0.05) is 37.3 Å². The van der Waals surface area contributed by atoms with Gasteiger partial charge in [-0.05, 0) is 44.4 Å². The predicted molar refractivity (Wildman–Crippen MR) is 111 cm³/mol. The van der Waals surface area contributed by atoms with Crippen LogP contribution in [0.15, 0.2) is 48.8 Å². The number of carbonyl (C=O) groups excluding carboxylic acids is 1. The van der Waals surface area contributed by atoms with E-state index in [0.29, 0.717) is 11.4 Å². The fraction of sp³-hybridized carbons (Fsp3) is 0.318. The smallest absolute Gasteiger partial charge is 0.266 e. The molecular weight excluding hydrogens is 354 g/mol. The first kappa shape index (κ1) is 19.2. The first-order valence-corrected chi connectivity index (χ1v) is 10.1. The summed E-state index contributed by atoms with van der Waals surface area (Å²) in [7, 11) is 0. The summed E-state index contributed by atoms with van der Waals surface area (Å²) >= 11 is 1.47. The first-order valence-electron chi connectivity index (χ1n) is 9.32. The Kier molecular flexibility index (Phi) is 6.01. The minimum atomic E-state index is -0.0370. The van der Waals surface area contributed by atoms with Crippen LogP contribution in [-0.2, 0) is 6.42 Å². The van der Waals surface area contributed by atoms with Gasteiger partial charge in [0.2, 0.25) is 0 Å². The summed E-state index contributed by atoms with van der Waals surface area (Å²) in [6.07, 6.45) is 4.58. The van der Waals surface area contributed by atoms with Crippen LogP contribution in [0.2, 0.25) is 0 Å². The highest BCUT2D eigenvalue weighted by atomic mass is 32.1. The van der Waals surface area contributed by atoms with Gasteiger partial charge in [-0.25, -0.2) is 4.98 Å². The van der Waals surface area contributed by atoms with Crippen molar-refractivity contribution in [2.45, 2.75) is 40.2 Å². The van der Waals surface area contributed by atoms with Gasteiger partial charge in [-0.2, -0.15) is 0 Å². The molecule has 0 aliphatic heterocycles. The van der Waals surface area contributed by atoms with Gasteiger partial charge in [-0.15, -0.1) is 11.3 Å². The van der Waals surface area contributed by atoms with Crippen molar-refractivity contribution < 1.29 is 4.79 Å². The van der Waals surface area contributed by atoms with Crippen molar-refractivity contribution in [1.82, 2.24) is 14.9 Å². The Hall–Kier alpha value is -2.53. The average molecular weight is 380 g/mol. The standard InChI is InChI=1S/C22H25N3OS/c1-5-17-9-11-18(12-10-17)21-24-15(3)20(27-21)22(26)25(6-2)16(4)19-8-7-13-23-14-19/h7-14,16H,5-6H2,1-4H3. The number of hydrogen-bond acceptors (Lipinski definition) is 4. The number of nitrogens with zero attached hydrogens (tertiary/aromatic N) is 3. The van der Waals surface area contributed by atoms with E-state index in [9.17, 15) is 4.79 Å². The second-order valence-corrected chi connectivity index (χ2v) is 7.54. The van der Waals surface area contributed by atoms with E-state index in [4.69, 9.17) is 0 Å². The van der Waals surface area contributed by atoms with Gasteiger partial charge >= 0.3 is 0 Å². The number of carbonyl (C=O) groups is 1. The summed E-state index contributed by atoms with van der Waals surface area (Å²) in [6.45, 7) is 8.73. The lowest BCUT2D eigenvalue weighted by molar-refractivity contribution is 0.0706. The van der Waals surface area contributed by atoms with Crippen LogP contribution >= 0.6 is 11.3 Å². The molecule has 3 aromatic rings. The zero-order chi connectivity index (χ0) is 19.4. The summed E-state index contributed by atoms with van der Waals surface area (Å²) in [6, 6.07) is 12.3. The Balaban J connectivity index is 1.88. The van der Waals surface area contributed by atoms with Crippen LogP contribution in [0.3, 0.4) is 0 Å². The van der Waals surface area contributed by atoms with Crippen LogP contribution in [0.1, 0.15) is 53.3 Å². The molecule has 1 atom stereocenters. The lowest BCUT2D eigenvalue weighted by atomic mass is 10.1. The molecule has 0 bridgehead atoms. The number of aryl methyl sites for hydroxylation is 2. The Labute approximate surface area is 164 Å². The number of thiazole rings is 1. The highest BCUT2D eigenvalue weighted by Crippen LogP contribution is 2.31. The molecule has 0 saturated carbocycles. The molecule has 0 radical (unpaired) electrons. The van der Waals surface area contributed by atoms with Crippen molar-refractivity contribution >= 4 is 17.2 Å². The maximum Gasteiger partial charge on any atom is 0.266 e. The molecule has 0 aliphatic carbocycles. The van der Waals surface area contributed by atoms with Gasteiger partial charge in [-0.3, -0.25) is 9.78 Å². The number of amides is 1. The molecule has 0 N–H and O–H groups in total. The second kappa shape index (κ2) is 8.44. The molecule has 1 amide bonds. The predicted octanol–water partition coefficient (Wildman–Crippen LogP) is 5.30. The van der Waals surface area contributed by atoms with Gasteiger partial charge in [0.05, 0.1) is 11.7 Å². The van der Waals surface area contributed by atoms with E-state index in [1.54, 1.807) is 6.20 Å². The number of benzene rings is 1. The maximum atomic E-state index is 13.2. The topological polar surface area (TPSA) is 46.1 Å². The van der Waals surface area contributed by atoms with Crippen LogP contribution in [0.4, 0.5) is 0 Å². The number of hydrogen-bond donors (Lipinski definition) is 0. The third kappa shape index (κ3) is 4.08. The van der Waals surface area contributed by atoms with Gasteiger partial charge < -0.3 is 4.90 Å². The summed E-state index contributed by atoms with van der Waals surface area (Å²) in [5.41, 5.74) is 4.18. The molecule has 3 rings (SSSR count).